The van der Waals surface area contributed by atoms with Gasteiger partial charge in [-0.3, -0.25) is 0 Å². The van der Waals surface area contributed by atoms with E-state index in [9.17, 15) is 0 Å². The summed E-state index contributed by atoms with van der Waals surface area (Å²) in [7, 11) is 2.06. The second-order valence-electron chi connectivity index (χ2n) is 4.02. The molecule has 0 aliphatic carbocycles. The lowest BCUT2D eigenvalue weighted by atomic mass is 10.2. The van der Waals surface area contributed by atoms with Crippen molar-refractivity contribution in [2.45, 2.75) is 13.5 Å². The smallest absolute Gasteiger partial charge is 0.177 e. The third-order valence-corrected chi connectivity index (χ3v) is 2.55. The zero-order valence-electron chi connectivity index (χ0n) is 9.70. The van der Waals surface area contributed by atoms with Crippen molar-refractivity contribution >= 4 is 11.2 Å². The molecule has 0 spiro atoms. The number of fused-ring (bicyclic) bond motifs is 1. The van der Waals surface area contributed by atoms with Gasteiger partial charge in [0, 0.05) is 25.8 Å². The summed E-state index contributed by atoms with van der Waals surface area (Å²) in [5.41, 5.74) is 8.55. The van der Waals surface area contributed by atoms with Gasteiger partial charge in [0.05, 0.1) is 5.52 Å². The number of H-pyrrole nitrogens is 1. The molecule has 0 radical (unpaired) electrons. The molecule has 2 aromatic heterocycles. The van der Waals surface area contributed by atoms with Gasteiger partial charge in [-0.05, 0) is 25.6 Å². The first-order chi connectivity index (χ1) is 7.70. The predicted molar refractivity (Wildman–Crippen MR) is 64.0 cm³/mol. The predicted octanol–water partition coefficient (Wildman–Crippen LogP) is 0.657. The number of hydrogen-bond donors (Lipinski definition) is 2. The summed E-state index contributed by atoms with van der Waals surface area (Å²) in [5, 5.41) is 0. The van der Waals surface area contributed by atoms with E-state index in [4.69, 9.17) is 5.73 Å². The number of likely N-dealkylation sites (N-methyl/N-ethyl adjacent to an activating group) is 1. The first kappa shape index (κ1) is 11.0. The molecule has 5 heteroatoms. The standard InChI is InChI=1S/C11H17N5/c1-8-14-10-9(7-16(2)6-4-12)3-5-13-11(10)15-8/h3,5H,4,6-7,12H2,1-2H3,(H,13,14,15). The van der Waals surface area contributed by atoms with Crippen molar-refractivity contribution in [3.05, 3.63) is 23.7 Å². The van der Waals surface area contributed by atoms with Crippen LogP contribution < -0.4 is 5.73 Å². The van der Waals surface area contributed by atoms with Gasteiger partial charge in [0.1, 0.15) is 5.82 Å². The topological polar surface area (TPSA) is 70.8 Å². The van der Waals surface area contributed by atoms with Crippen molar-refractivity contribution in [2.24, 2.45) is 5.73 Å². The molecular weight excluding hydrogens is 202 g/mol. The number of pyridine rings is 1. The molecule has 0 aromatic carbocycles. The number of nitrogens with one attached hydrogen (secondary N) is 1. The number of hydrogen-bond acceptors (Lipinski definition) is 4. The Labute approximate surface area is 94.7 Å². The molecular formula is C11H17N5. The lowest BCUT2D eigenvalue weighted by molar-refractivity contribution is 0.337. The lowest BCUT2D eigenvalue weighted by Gasteiger charge is -2.15. The molecule has 0 unspecified atom stereocenters. The van der Waals surface area contributed by atoms with Crippen LogP contribution in [0.1, 0.15) is 11.4 Å². The van der Waals surface area contributed by atoms with E-state index in [0.29, 0.717) is 6.54 Å². The fourth-order valence-electron chi connectivity index (χ4n) is 1.80. The highest BCUT2D eigenvalue weighted by Gasteiger charge is 2.07. The average Bonchev–Trinajstić information content (AvgIpc) is 2.60. The molecule has 16 heavy (non-hydrogen) atoms. The number of aromatic nitrogens is 3. The Kier molecular flexibility index (Phi) is 3.17. The Morgan fingerprint density at radius 2 is 2.31 bits per heavy atom. The monoisotopic (exact) mass is 219 g/mol. The molecule has 0 saturated carbocycles. The van der Waals surface area contributed by atoms with E-state index in [1.807, 2.05) is 13.0 Å². The van der Waals surface area contributed by atoms with Crippen LogP contribution in [0, 0.1) is 6.92 Å². The Morgan fingerprint density at radius 1 is 1.50 bits per heavy atom. The van der Waals surface area contributed by atoms with Gasteiger partial charge in [-0.15, -0.1) is 0 Å². The summed E-state index contributed by atoms with van der Waals surface area (Å²) in [6.07, 6.45) is 1.80. The van der Waals surface area contributed by atoms with Crippen LogP contribution in [0.5, 0.6) is 0 Å². The highest BCUT2D eigenvalue weighted by molar-refractivity contribution is 5.74. The third kappa shape index (κ3) is 2.20. The van der Waals surface area contributed by atoms with Crippen molar-refractivity contribution in [1.29, 1.82) is 0 Å². The highest BCUT2D eigenvalue weighted by atomic mass is 15.1. The molecule has 0 bridgehead atoms. The molecule has 0 fully saturated rings. The van der Waals surface area contributed by atoms with Crippen LogP contribution >= 0.6 is 0 Å². The minimum absolute atomic E-state index is 0.673. The van der Waals surface area contributed by atoms with Gasteiger partial charge in [-0.1, -0.05) is 0 Å². The van der Waals surface area contributed by atoms with Crippen molar-refractivity contribution < 1.29 is 0 Å². The zero-order chi connectivity index (χ0) is 11.5. The van der Waals surface area contributed by atoms with E-state index in [2.05, 4.69) is 26.9 Å². The summed E-state index contributed by atoms with van der Waals surface area (Å²) in [5.74, 6) is 0.899. The van der Waals surface area contributed by atoms with Crippen LogP contribution in [0.25, 0.3) is 11.2 Å². The summed E-state index contributed by atoms with van der Waals surface area (Å²) < 4.78 is 0. The Bertz CT molecular complexity index is 476. The van der Waals surface area contributed by atoms with Gasteiger partial charge in [0.2, 0.25) is 0 Å². The van der Waals surface area contributed by atoms with Crippen molar-refractivity contribution in [3.8, 4) is 0 Å². The summed E-state index contributed by atoms with van der Waals surface area (Å²) in [6, 6.07) is 2.02. The molecule has 0 aliphatic heterocycles. The maximum Gasteiger partial charge on any atom is 0.177 e. The van der Waals surface area contributed by atoms with Crippen LogP contribution in [0.15, 0.2) is 12.3 Å². The molecule has 2 rings (SSSR count). The molecule has 0 atom stereocenters. The van der Waals surface area contributed by atoms with E-state index in [1.165, 1.54) is 5.56 Å². The van der Waals surface area contributed by atoms with Gasteiger partial charge < -0.3 is 15.6 Å². The summed E-state index contributed by atoms with van der Waals surface area (Å²) in [6.45, 7) is 4.36. The second kappa shape index (κ2) is 4.59. The first-order valence-corrected chi connectivity index (χ1v) is 5.39. The Hall–Kier alpha value is -1.46. The van der Waals surface area contributed by atoms with E-state index >= 15 is 0 Å². The minimum Gasteiger partial charge on any atom is -0.341 e. The molecule has 3 N–H and O–H groups in total. The molecule has 0 amide bonds. The van der Waals surface area contributed by atoms with E-state index in [0.717, 1.165) is 30.1 Å². The van der Waals surface area contributed by atoms with Crippen LogP contribution in [-0.2, 0) is 6.54 Å². The number of rotatable bonds is 4. The van der Waals surface area contributed by atoms with Crippen molar-refractivity contribution in [2.75, 3.05) is 20.1 Å². The number of aryl methyl sites for hydroxylation is 1. The average molecular weight is 219 g/mol. The highest BCUT2D eigenvalue weighted by Crippen LogP contribution is 2.15. The van der Waals surface area contributed by atoms with E-state index in [-0.39, 0.29) is 0 Å². The quantitative estimate of drug-likeness (QED) is 0.792. The van der Waals surface area contributed by atoms with Crippen LogP contribution in [0.3, 0.4) is 0 Å². The second-order valence-corrected chi connectivity index (χ2v) is 4.02. The van der Waals surface area contributed by atoms with Crippen LogP contribution in [-0.4, -0.2) is 40.0 Å². The van der Waals surface area contributed by atoms with Crippen LogP contribution in [0.4, 0.5) is 0 Å². The molecule has 2 aromatic rings. The molecule has 0 aliphatic rings. The zero-order valence-corrected chi connectivity index (χ0v) is 9.70. The minimum atomic E-state index is 0.673. The number of nitrogens with zero attached hydrogens (tertiary/aromatic N) is 3. The fourth-order valence-corrected chi connectivity index (χ4v) is 1.80. The third-order valence-electron chi connectivity index (χ3n) is 2.55. The normalized spacial score (nSPS) is 11.5. The van der Waals surface area contributed by atoms with Crippen molar-refractivity contribution in [1.82, 2.24) is 19.9 Å². The van der Waals surface area contributed by atoms with Gasteiger partial charge in [0.25, 0.3) is 0 Å². The Morgan fingerprint density at radius 3 is 3.06 bits per heavy atom. The summed E-state index contributed by atoms with van der Waals surface area (Å²) in [4.78, 5) is 14.0. The Balaban J connectivity index is 2.29. The molecule has 0 saturated heterocycles. The SMILES string of the molecule is Cc1nc2nccc(CN(C)CCN)c2[nH]1. The molecule has 86 valence electrons. The van der Waals surface area contributed by atoms with E-state index < -0.39 is 0 Å². The van der Waals surface area contributed by atoms with Crippen molar-refractivity contribution in [3.63, 3.8) is 0 Å². The van der Waals surface area contributed by atoms with E-state index in [1.54, 1.807) is 6.20 Å². The maximum atomic E-state index is 5.53. The largest absolute Gasteiger partial charge is 0.341 e. The van der Waals surface area contributed by atoms with Crippen LogP contribution in [0.2, 0.25) is 0 Å². The first-order valence-electron chi connectivity index (χ1n) is 5.39. The number of aromatic amines is 1. The van der Waals surface area contributed by atoms with Gasteiger partial charge in [-0.2, -0.15) is 0 Å². The fraction of sp³-hybridized carbons (Fsp3) is 0.455. The lowest BCUT2D eigenvalue weighted by Crippen LogP contribution is -2.25. The molecule has 5 nitrogen and oxygen atoms in total. The maximum absolute atomic E-state index is 5.53. The van der Waals surface area contributed by atoms with Gasteiger partial charge in [-0.25, -0.2) is 9.97 Å². The number of imidazole rings is 1. The van der Waals surface area contributed by atoms with Gasteiger partial charge >= 0.3 is 0 Å². The number of nitrogens with two attached hydrogens (primary N) is 1. The van der Waals surface area contributed by atoms with Gasteiger partial charge in [0.15, 0.2) is 5.65 Å². The molecule has 2 heterocycles. The summed E-state index contributed by atoms with van der Waals surface area (Å²) >= 11 is 0.